The van der Waals surface area contributed by atoms with E-state index in [2.05, 4.69) is 43.1 Å². The van der Waals surface area contributed by atoms with Crippen molar-refractivity contribution in [2.75, 3.05) is 20.2 Å². The Hall–Kier alpha value is -1.26. The summed E-state index contributed by atoms with van der Waals surface area (Å²) in [6.45, 7) is 9.66. The summed E-state index contributed by atoms with van der Waals surface area (Å²) in [6, 6.07) is 5.42. The first kappa shape index (κ1) is 14.7. The van der Waals surface area contributed by atoms with Crippen LogP contribution in [0.5, 0.6) is 11.5 Å². The number of hydrogen-bond acceptors (Lipinski definition) is 4. The quantitative estimate of drug-likeness (QED) is 0.925. The second-order valence-corrected chi connectivity index (χ2v) is 6.49. The van der Waals surface area contributed by atoms with Crippen molar-refractivity contribution in [3.8, 4) is 11.5 Å². The molecule has 4 nitrogen and oxygen atoms in total. The lowest BCUT2D eigenvalue weighted by Crippen LogP contribution is -2.53. The van der Waals surface area contributed by atoms with Crippen molar-refractivity contribution < 1.29 is 9.47 Å². The molecule has 0 aliphatic carbocycles. The first-order valence-electron chi connectivity index (χ1n) is 7.90. The molecule has 1 N–H and O–H groups in total. The van der Waals surface area contributed by atoms with E-state index in [9.17, 15) is 0 Å². The molecule has 1 aromatic carbocycles. The first-order chi connectivity index (χ1) is 10.1. The van der Waals surface area contributed by atoms with E-state index in [-0.39, 0.29) is 6.10 Å². The van der Waals surface area contributed by atoms with Gasteiger partial charge in [0.1, 0.15) is 17.6 Å². The zero-order valence-electron chi connectivity index (χ0n) is 13.5. The summed E-state index contributed by atoms with van der Waals surface area (Å²) in [5.74, 6) is 2.03. The summed E-state index contributed by atoms with van der Waals surface area (Å²) < 4.78 is 11.5. The van der Waals surface area contributed by atoms with Gasteiger partial charge in [-0.25, -0.2) is 0 Å². The maximum Gasteiger partial charge on any atom is 0.123 e. The Morgan fingerprint density at radius 2 is 2.14 bits per heavy atom. The van der Waals surface area contributed by atoms with Crippen LogP contribution in [0.4, 0.5) is 0 Å². The number of fused-ring (bicyclic) bond motifs is 1. The van der Waals surface area contributed by atoms with E-state index in [1.807, 2.05) is 0 Å². The van der Waals surface area contributed by atoms with E-state index in [1.165, 1.54) is 11.1 Å². The van der Waals surface area contributed by atoms with Crippen LogP contribution in [0.2, 0.25) is 0 Å². The van der Waals surface area contributed by atoms with E-state index in [0.29, 0.717) is 12.1 Å². The number of methoxy groups -OCH3 is 1. The fourth-order valence-electron chi connectivity index (χ4n) is 3.33. The molecule has 0 spiro atoms. The van der Waals surface area contributed by atoms with Gasteiger partial charge in [0.05, 0.1) is 7.11 Å². The Labute approximate surface area is 127 Å². The number of nitrogens with zero attached hydrogens (tertiary/aromatic N) is 1. The zero-order valence-corrected chi connectivity index (χ0v) is 13.5. The van der Waals surface area contributed by atoms with Crippen LogP contribution < -0.4 is 14.8 Å². The van der Waals surface area contributed by atoms with Gasteiger partial charge in [-0.3, -0.25) is 4.90 Å². The van der Waals surface area contributed by atoms with Gasteiger partial charge in [-0.15, -0.1) is 0 Å². The SMILES string of the molecule is COc1cc2c(cc1CN1CC(C)NCC1C)OC(C)C2. The standard InChI is InChI=1S/C17H26N2O2/c1-11-9-19(12(2)8-18-11)10-15-7-17-14(5-13(3)21-17)6-16(15)20-4/h6-7,11-13,18H,5,8-10H2,1-4H3. The second-order valence-electron chi connectivity index (χ2n) is 6.49. The Kier molecular flexibility index (Phi) is 4.09. The van der Waals surface area contributed by atoms with Crippen molar-refractivity contribution in [3.05, 3.63) is 23.3 Å². The van der Waals surface area contributed by atoms with Crippen LogP contribution in [0.1, 0.15) is 31.9 Å². The predicted molar refractivity (Wildman–Crippen MR) is 84.1 cm³/mol. The molecule has 3 atom stereocenters. The summed E-state index contributed by atoms with van der Waals surface area (Å²) in [7, 11) is 1.76. The van der Waals surface area contributed by atoms with Crippen molar-refractivity contribution >= 4 is 0 Å². The molecule has 1 fully saturated rings. The summed E-state index contributed by atoms with van der Waals surface area (Å²) >= 11 is 0. The highest BCUT2D eigenvalue weighted by molar-refractivity contribution is 5.48. The van der Waals surface area contributed by atoms with Crippen LogP contribution in [0, 0.1) is 0 Å². The molecular weight excluding hydrogens is 264 g/mol. The van der Waals surface area contributed by atoms with Gasteiger partial charge >= 0.3 is 0 Å². The minimum Gasteiger partial charge on any atom is -0.496 e. The number of ether oxygens (including phenoxy) is 2. The normalized spacial score (nSPS) is 29.0. The molecule has 0 bridgehead atoms. The number of piperazine rings is 1. The Morgan fingerprint density at radius 1 is 1.33 bits per heavy atom. The van der Waals surface area contributed by atoms with Crippen molar-refractivity contribution in [3.63, 3.8) is 0 Å². The van der Waals surface area contributed by atoms with Gasteiger partial charge in [-0.2, -0.15) is 0 Å². The highest BCUT2D eigenvalue weighted by atomic mass is 16.5. The van der Waals surface area contributed by atoms with Crippen LogP contribution in [0.3, 0.4) is 0 Å². The van der Waals surface area contributed by atoms with Crippen LogP contribution >= 0.6 is 0 Å². The maximum absolute atomic E-state index is 5.90. The molecule has 3 unspecified atom stereocenters. The van der Waals surface area contributed by atoms with Crippen molar-refractivity contribution in [2.45, 2.75) is 51.9 Å². The molecule has 0 amide bonds. The molecule has 2 heterocycles. The van der Waals surface area contributed by atoms with Gasteiger partial charge in [-0.1, -0.05) is 0 Å². The molecule has 0 radical (unpaired) electrons. The highest BCUT2D eigenvalue weighted by Gasteiger charge is 2.26. The first-order valence-corrected chi connectivity index (χ1v) is 7.90. The fourth-order valence-corrected chi connectivity index (χ4v) is 3.33. The van der Waals surface area contributed by atoms with Crippen molar-refractivity contribution in [2.24, 2.45) is 0 Å². The number of nitrogens with one attached hydrogen (secondary N) is 1. The van der Waals surface area contributed by atoms with E-state index in [1.54, 1.807) is 7.11 Å². The minimum atomic E-state index is 0.276. The second kappa shape index (κ2) is 5.85. The van der Waals surface area contributed by atoms with Crippen LogP contribution in [-0.2, 0) is 13.0 Å². The van der Waals surface area contributed by atoms with E-state index in [0.717, 1.165) is 37.6 Å². The van der Waals surface area contributed by atoms with Crippen LogP contribution in [0.15, 0.2) is 12.1 Å². The van der Waals surface area contributed by atoms with E-state index >= 15 is 0 Å². The van der Waals surface area contributed by atoms with Gasteiger partial charge < -0.3 is 14.8 Å². The zero-order chi connectivity index (χ0) is 15.0. The average molecular weight is 290 g/mol. The van der Waals surface area contributed by atoms with Crippen molar-refractivity contribution in [1.82, 2.24) is 10.2 Å². The lowest BCUT2D eigenvalue weighted by atomic mass is 10.0. The van der Waals surface area contributed by atoms with E-state index < -0.39 is 0 Å². The highest BCUT2D eigenvalue weighted by Crippen LogP contribution is 2.35. The molecule has 2 aliphatic heterocycles. The number of hydrogen-bond donors (Lipinski definition) is 1. The van der Waals surface area contributed by atoms with Crippen LogP contribution in [0.25, 0.3) is 0 Å². The van der Waals surface area contributed by atoms with Gasteiger partial charge in [0.2, 0.25) is 0 Å². The maximum atomic E-state index is 5.90. The Bertz CT molecular complexity index is 518. The molecule has 1 saturated heterocycles. The topological polar surface area (TPSA) is 33.7 Å². The molecular formula is C17H26N2O2. The third kappa shape index (κ3) is 3.01. The fraction of sp³-hybridized carbons (Fsp3) is 0.647. The largest absolute Gasteiger partial charge is 0.496 e. The summed E-state index contributed by atoms with van der Waals surface area (Å²) in [5, 5.41) is 3.53. The number of benzene rings is 1. The molecule has 116 valence electrons. The Balaban J connectivity index is 1.83. The molecule has 3 rings (SSSR count). The minimum absolute atomic E-state index is 0.276. The molecule has 0 aromatic heterocycles. The molecule has 1 aromatic rings. The third-order valence-electron chi connectivity index (χ3n) is 4.57. The predicted octanol–water partition coefficient (Wildman–Crippen LogP) is 2.20. The summed E-state index contributed by atoms with van der Waals surface area (Å²) in [4.78, 5) is 2.52. The molecule has 2 aliphatic rings. The van der Waals surface area contributed by atoms with Gasteiger partial charge in [0, 0.05) is 49.3 Å². The third-order valence-corrected chi connectivity index (χ3v) is 4.57. The Morgan fingerprint density at radius 3 is 2.90 bits per heavy atom. The lowest BCUT2D eigenvalue weighted by molar-refractivity contribution is 0.137. The van der Waals surface area contributed by atoms with Crippen molar-refractivity contribution in [1.29, 1.82) is 0 Å². The van der Waals surface area contributed by atoms with Crippen LogP contribution in [-0.4, -0.2) is 43.3 Å². The lowest BCUT2D eigenvalue weighted by Gasteiger charge is -2.37. The van der Waals surface area contributed by atoms with Gasteiger partial charge in [-0.05, 0) is 32.9 Å². The van der Waals surface area contributed by atoms with Gasteiger partial charge in [0.15, 0.2) is 0 Å². The van der Waals surface area contributed by atoms with Gasteiger partial charge in [0.25, 0.3) is 0 Å². The number of rotatable bonds is 3. The molecule has 21 heavy (non-hydrogen) atoms. The summed E-state index contributed by atoms with van der Waals surface area (Å²) in [6.07, 6.45) is 1.26. The summed E-state index contributed by atoms with van der Waals surface area (Å²) in [5.41, 5.74) is 2.50. The molecule has 0 saturated carbocycles. The average Bonchev–Trinajstić information content (AvgIpc) is 2.81. The van der Waals surface area contributed by atoms with E-state index in [4.69, 9.17) is 9.47 Å². The smallest absolute Gasteiger partial charge is 0.123 e. The monoisotopic (exact) mass is 290 g/mol. The molecule has 4 heteroatoms.